The number of hydrogen-bond donors (Lipinski definition) is 1. The molecule has 2 aromatic rings. The number of nitrogens with zero attached hydrogens (tertiary/aromatic N) is 2. The van der Waals surface area contributed by atoms with Crippen molar-refractivity contribution in [3.05, 3.63) is 59.3 Å². The molecule has 0 atom stereocenters. The van der Waals surface area contributed by atoms with Crippen LogP contribution in [0.3, 0.4) is 0 Å². The molecule has 0 bridgehead atoms. The molecule has 0 radical (unpaired) electrons. The van der Waals surface area contributed by atoms with Gasteiger partial charge in [-0.1, -0.05) is 43.8 Å². The summed E-state index contributed by atoms with van der Waals surface area (Å²) < 4.78 is 5.18. The van der Waals surface area contributed by atoms with Gasteiger partial charge in [0, 0.05) is 22.8 Å². The average molecular weight is 325 g/mol. The summed E-state index contributed by atoms with van der Waals surface area (Å²) in [5, 5.41) is 12.5. The van der Waals surface area contributed by atoms with Gasteiger partial charge in [0.1, 0.15) is 11.0 Å². The number of thioether (sulfide) groups is 1. The van der Waals surface area contributed by atoms with Gasteiger partial charge in [0.05, 0.1) is 12.8 Å². The Bertz CT molecular complexity index is 721. The summed E-state index contributed by atoms with van der Waals surface area (Å²) in [4.78, 5) is 6.03. The SMILES string of the molecule is COc1ccc(S/C(C#N)=C/Nc2ccccc2)c(C(C)C)n1. The van der Waals surface area contributed by atoms with Gasteiger partial charge < -0.3 is 10.1 Å². The number of allylic oxidation sites excluding steroid dienone is 1. The number of hydrogen-bond acceptors (Lipinski definition) is 5. The van der Waals surface area contributed by atoms with Crippen LogP contribution in [0.2, 0.25) is 0 Å². The van der Waals surface area contributed by atoms with Crippen molar-refractivity contribution in [3.8, 4) is 11.9 Å². The zero-order valence-corrected chi connectivity index (χ0v) is 14.2. The van der Waals surface area contributed by atoms with Crippen molar-refractivity contribution in [2.75, 3.05) is 12.4 Å². The zero-order valence-electron chi connectivity index (χ0n) is 13.4. The Morgan fingerprint density at radius 2 is 2.00 bits per heavy atom. The quantitative estimate of drug-likeness (QED) is 0.611. The van der Waals surface area contributed by atoms with Gasteiger partial charge in [0.15, 0.2) is 0 Å². The second-order valence-corrected chi connectivity index (χ2v) is 6.21. The van der Waals surface area contributed by atoms with E-state index in [2.05, 4.69) is 30.2 Å². The molecule has 1 heterocycles. The van der Waals surface area contributed by atoms with Crippen LogP contribution in [0.5, 0.6) is 5.88 Å². The lowest BCUT2D eigenvalue weighted by Gasteiger charge is -2.12. The molecule has 4 nitrogen and oxygen atoms in total. The second kappa shape index (κ2) is 8.25. The molecule has 0 aliphatic carbocycles. The number of anilines is 1. The van der Waals surface area contributed by atoms with E-state index in [0.717, 1.165) is 16.3 Å². The molecule has 0 fully saturated rings. The van der Waals surface area contributed by atoms with Crippen LogP contribution in [0, 0.1) is 11.3 Å². The normalized spacial score (nSPS) is 11.2. The van der Waals surface area contributed by atoms with Crippen molar-refractivity contribution in [3.63, 3.8) is 0 Å². The van der Waals surface area contributed by atoms with E-state index in [1.807, 2.05) is 42.5 Å². The van der Waals surface area contributed by atoms with Crippen LogP contribution >= 0.6 is 11.8 Å². The molecule has 23 heavy (non-hydrogen) atoms. The number of nitrogens with one attached hydrogen (secondary N) is 1. The van der Waals surface area contributed by atoms with E-state index in [0.29, 0.717) is 10.8 Å². The molecular formula is C18H19N3OS. The van der Waals surface area contributed by atoms with Crippen molar-refractivity contribution in [1.29, 1.82) is 5.26 Å². The lowest BCUT2D eigenvalue weighted by atomic mass is 10.1. The first-order chi connectivity index (χ1) is 11.1. The standard InChI is InChI=1S/C18H19N3OS/c1-13(2)18-16(9-10-17(21-18)22-3)23-15(11-19)12-20-14-7-5-4-6-8-14/h4-10,12-13,20H,1-3H3/b15-12+. The third kappa shape index (κ3) is 4.76. The van der Waals surface area contributed by atoms with Crippen LogP contribution < -0.4 is 10.1 Å². The maximum Gasteiger partial charge on any atom is 0.213 e. The Morgan fingerprint density at radius 1 is 1.26 bits per heavy atom. The number of ether oxygens (including phenoxy) is 1. The Hall–Kier alpha value is -2.45. The molecule has 0 aliphatic rings. The average Bonchev–Trinajstić information content (AvgIpc) is 2.59. The number of methoxy groups -OCH3 is 1. The fourth-order valence-electron chi connectivity index (χ4n) is 1.94. The molecule has 1 aromatic heterocycles. The first-order valence-electron chi connectivity index (χ1n) is 7.28. The molecule has 1 aromatic carbocycles. The van der Waals surface area contributed by atoms with E-state index in [4.69, 9.17) is 4.74 Å². The van der Waals surface area contributed by atoms with Crippen LogP contribution in [0.15, 0.2) is 58.5 Å². The Morgan fingerprint density at radius 3 is 2.61 bits per heavy atom. The van der Waals surface area contributed by atoms with Crippen LogP contribution in [-0.4, -0.2) is 12.1 Å². The maximum absolute atomic E-state index is 9.37. The van der Waals surface area contributed by atoms with E-state index in [9.17, 15) is 5.26 Å². The third-order valence-electron chi connectivity index (χ3n) is 3.09. The first-order valence-corrected chi connectivity index (χ1v) is 8.10. The molecule has 0 unspecified atom stereocenters. The van der Waals surface area contributed by atoms with Crippen LogP contribution in [0.1, 0.15) is 25.5 Å². The minimum absolute atomic E-state index is 0.245. The summed E-state index contributed by atoms with van der Waals surface area (Å²) in [6, 6.07) is 15.7. The highest BCUT2D eigenvalue weighted by Gasteiger charge is 2.12. The van der Waals surface area contributed by atoms with Crippen LogP contribution in [0.4, 0.5) is 5.69 Å². The zero-order chi connectivity index (χ0) is 16.7. The van der Waals surface area contributed by atoms with Crippen molar-refractivity contribution < 1.29 is 4.74 Å². The second-order valence-electron chi connectivity index (χ2n) is 5.12. The topological polar surface area (TPSA) is 57.9 Å². The van der Waals surface area contributed by atoms with E-state index in [1.165, 1.54) is 11.8 Å². The fraction of sp³-hybridized carbons (Fsp3) is 0.222. The number of nitriles is 1. The monoisotopic (exact) mass is 325 g/mol. The van der Waals surface area contributed by atoms with Crippen LogP contribution in [0.25, 0.3) is 0 Å². The lowest BCUT2D eigenvalue weighted by Crippen LogP contribution is -1.99. The van der Waals surface area contributed by atoms with E-state index in [1.54, 1.807) is 13.3 Å². The van der Waals surface area contributed by atoms with Gasteiger partial charge in [-0.15, -0.1) is 0 Å². The molecule has 5 heteroatoms. The highest BCUT2D eigenvalue weighted by molar-refractivity contribution is 8.03. The minimum Gasteiger partial charge on any atom is -0.481 e. The number of aromatic nitrogens is 1. The Labute approximate surface area is 141 Å². The number of rotatable bonds is 6. The Balaban J connectivity index is 2.20. The molecule has 1 N–H and O–H groups in total. The molecule has 0 aliphatic heterocycles. The molecule has 2 rings (SSSR count). The Kier molecular flexibility index (Phi) is 6.07. The van der Waals surface area contributed by atoms with Crippen molar-refractivity contribution in [1.82, 2.24) is 4.98 Å². The summed E-state index contributed by atoms with van der Waals surface area (Å²) in [7, 11) is 1.60. The number of pyridine rings is 1. The maximum atomic E-state index is 9.37. The van der Waals surface area contributed by atoms with Gasteiger partial charge in [-0.05, 0) is 24.1 Å². The third-order valence-corrected chi connectivity index (χ3v) is 4.08. The predicted molar refractivity (Wildman–Crippen MR) is 94.5 cm³/mol. The summed E-state index contributed by atoms with van der Waals surface area (Å²) in [6.07, 6.45) is 1.72. The van der Waals surface area contributed by atoms with Crippen molar-refractivity contribution >= 4 is 17.4 Å². The van der Waals surface area contributed by atoms with E-state index >= 15 is 0 Å². The molecule has 0 amide bonds. The molecule has 0 saturated carbocycles. The molecule has 0 spiro atoms. The summed E-state index contributed by atoms with van der Waals surface area (Å²) >= 11 is 1.40. The molecule has 118 valence electrons. The molecular weight excluding hydrogens is 306 g/mol. The van der Waals surface area contributed by atoms with Gasteiger partial charge in [0.25, 0.3) is 0 Å². The minimum atomic E-state index is 0.245. The summed E-state index contributed by atoms with van der Waals surface area (Å²) in [5.41, 5.74) is 1.87. The van der Waals surface area contributed by atoms with E-state index < -0.39 is 0 Å². The summed E-state index contributed by atoms with van der Waals surface area (Å²) in [6.45, 7) is 4.15. The smallest absolute Gasteiger partial charge is 0.213 e. The lowest BCUT2D eigenvalue weighted by molar-refractivity contribution is 0.394. The molecule has 0 saturated heterocycles. The van der Waals surface area contributed by atoms with Gasteiger partial charge in [0.2, 0.25) is 5.88 Å². The largest absolute Gasteiger partial charge is 0.481 e. The van der Waals surface area contributed by atoms with Gasteiger partial charge in [-0.25, -0.2) is 4.98 Å². The highest BCUT2D eigenvalue weighted by Crippen LogP contribution is 2.33. The van der Waals surface area contributed by atoms with Gasteiger partial charge in [-0.2, -0.15) is 5.26 Å². The summed E-state index contributed by atoms with van der Waals surface area (Å²) in [5.74, 6) is 0.831. The van der Waals surface area contributed by atoms with Crippen LogP contribution in [-0.2, 0) is 0 Å². The number of para-hydroxylation sites is 1. The first kappa shape index (κ1) is 16.9. The van der Waals surface area contributed by atoms with Crippen molar-refractivity contribution in [2.45, 2.75) is 24.7 Å². The fourth-order valence-corrected chi connectivity index (χ4v) is 2.87. The van der Waals surface area contributed by atoms with Gasteiger partial charge in [-0.3, -0.25) is 0 Å². The van der Waals surface area contributed by atoms with Crippen molar-refractivity contribution in [2.24, 2.45) is 0 Å². The van der Waals surface area contributed by atoms with Gasteiger partial charge >= 0.3 is 0 Å². The van der Waals surface area contributed by atoms with E-state index in [-0.39, 0.29) is 5.92 Å². The number of benzene rings is 1. The highest BCUT2D eigenvalue weighted by atomic mass is 32.2. The predicted octanol–water partition coefficient (Wildman–Crippen LogP) is 4.78.